The van der Waals surface area contributed by atoms with E-state index in [4.69, 9.17) is 4.74 Å². The number of hydrogen-bond acceptors (Lipinski definition) is 4. The highest BCUT2D eigenvalue weighted by molar-refractivity contribution is 5.98. The van der Waals surface area contributed by atoms with Crippen LogP contribution in [0.15, 0.2) is 30.5 Å². The van der Waals surface area contributed by atoms with E-state index in [9.17, 15) is 22.8 Å². The number of alkyl halides is 3. The number of nitrogens with one attached hydrogen (secondary N) is 2. The summed E-state index contributed by atoms with van der Waals surface area (Å²) in [7, 11) is 1.76. The molecule has 156 valence electrons. The number of hydrogen-bond donors (Lipinski definition) is 2. The summed E-state index contributed by atoms with van der Waals surface area (Å²) in [5.74, 6) is -1.50. The Morgan fingerprint density at radius 1 is 1.31 bits per heavy atom. The first-order chi connectivity index (χ1) is 13.7. The van der Waals surface area contributed by atoms with Crippen LogP contribution in [0.3, 0.4) is 0 Å². The number of ether oxygens (including phenoxy) is 1. The van der Waals surface area contributed by atoms with Crippen molar-refractivity contribution in [1.82, 2.24) is 15.1 Å². The van der Waals surface area contributed by atoms with Crippen LogP contribution in [0.25, 0.3) is 0 Å². The highest BCUT2D eigenvalue weighted by Gasteiger charge is 2.32. The molecular weight excluding hydrogens is 389 g/mol. The first-order valence-electron chi connectivity index (χ1n) is 9.10. The molecule has 0 radical (unpaired) electrons. The summed E-state index contributed by atoms with van der Waals surface area (Å²) < 4.78 is 46.6. The zero-order valence-corrected chi connectivity index (χ0v) is 15.8. The maximum Gasteiger partial charge on any atom is 0.416 e. The molecule has 2 aromatic rings. The highest BCUT2D eigenvalue weighted by atomic mass is 19.4. The second-order valence-corrected chi connectivity index (χ2v) is 6.80. The van der Waals surface area contributed by atoms with Gasteiger partial charge in [-0.25, -0.2) is 0 Å². The number of carbonyl (C=O) groups excluding carboxylic acids is 2. The molecule has 0 spiro atoms. The standard InChI is InChI=1S/C19H21F3N4O3/c1-26-16(3-6-24-26)2-5-23-17(27)13-8-14(19(20,21)22)10-15(9-13)25-18(28)12-4-7-29-11-12/h3,6,8-10,12H,2,4-5,7,11H2,1H3,(H,23,27)(H,25,28). The van der Waals surface area contributed by atoms with Crippen LogP contribution in [0.5, 0.6) is 0 Å². The largest absolute Gasteiger partial charge is 0.416 e. The molecule has 1 aliphatic heterocycles. The molecule has 7 nitrogen and oxygen atoms in total. The van der Waals surface area contributed by atoms with E-state index in [0.29, 0.717) is 19.4 Å². The molecule has 1 atom stereocenters. The van der Waals surface area contributed by atoms with E-state index < -0.39 is 29.5 Å². The van der Waals surface area contributed by atoms with Gasteiger partial charge in [-0.15, -0.1) is 0 Å². The molecule has 10 heteroatoms. The molecule has 0 aliphatic carbocycles. The van der Waals surface area contributed by atoms with E-state index in [-0.39, 0.29) is 24.4 Å². The molecule has 3 rings (SSSR count). The third-order valence-electron chi connectivity index (χ3n) is 4.68. The summed E-state index contributed by atoms with van der Waals surface area (Å²) in [6.45, 7) is 0.896. The smallest absolute Gasteiger partial charge is 0.381 e. The summed E-state index contributed by atoms with van der Waals surface area (Å²) in [6.07, 6.45) is -2.05. The summed E-state index contributed by atoms with van der Waals surface area (Å²) in [6, 6.07) is 4.62. The Bertz CT molecular complexity index is 889. The van der Waals surface area contributed by atoms with E-state index in [1.807, 2.05) is 0 Å². The molecule has 2 heterocycles. The van der Waals surface area contributed by atoms with Gasteiger partial charge in [0.2, 0.25) is 5.91 Å². The lowest BCUT2D eigenvalue weighted by Gasteiger charge is -2.14. The van der Waals surface area contributed by atoms with Crippen LogP contribution >= 0.6 is 0 Å². The maximum absolute atomic E-state index is 13.3. The van der Waals surface area contributed by atoms with Gasteiger partial charge in [0.15, 0.2) is 0 Å². The fourth-order valence-electron chi connectivity index (χ4n) is 3.03. The third-order valence-corrected chi connectivity index (χ3v) is 4.68. The van der Waals surface area contributed by atoms with E-state index >= 15 is 0 Å². The Balaban J connectivity index is 1.72. The van der Waals surface area contributed by atoms with Gasteiger partial charge >= 0.3 is 6.18 Å². The van der Waals surface area contributed by atoms with Crippen LogP contribution in [-0.2, 0) is 29.2 Å². The number of amides is 2. The summed E-state index contributed by atoms with van der Waals surface area (Å²) in [5, 5.41) is 9.08. The molecular formula is C19H21F3N4O3. The molecule has 2 amide bonds. The van der Waals surface area contributed by atoms with Gasteiger partial charge in [-0.2, -0.15) is 18.3 Å². The van der Waals surface area contributed by atoms with Gasteiger partial charge in [-0.1, -0.05) is 0 Å². The Hall–Kier alpha value is -2.88. The second-order valence-electron chi connectivity index (χ2n) is 6.80. The summed E-state index contributed by atoms with van der Waals surface area (Å²) in [5.41, 5.74) is -0.382. The van der Waals surface area contributed by atoms with Crippen LogP contribution in [0.2, 0.25) is 0 Å². The van der Waals surface area contributed by atoms with E-state index in [2.05, 4.69) is 15.7 Å². The number of halogens is 3. The van der Waals surface area contributed by atoms with Gasteiger partial charge < -0.3 is 15.4 Å². The minimum Gasteiger partial charge on any atom is -0.381 e. The number of benzene rings is 1. The normalized spacial score (nSPS) is 16.6. The quantitative estimate of drug-likeness (QED) is 0.766. The molecule has 0 saturated carbocycles. The third kappa shape index (κ3) is 5.35. The average molecular weight is 410 g/mol. The van der Waals surface area contributed by atoms with Gasteiger partial charge in [0.1, 0.15) is 0 Å². The zero-order valence-electron chi connectivity index (χ0n) is 15.8. The van der Waals surface area contributed by atoms with Crippen molar-refractivity contribution >= 4 is 17.5 Å². The molecule has 1 fully saturated rings. The SMILES string of the molecule is Cn1nccc1CCNC(=O)c1cc(NC(=O)C2CCOC2)cc(C(F)(F)F)c1. The zero-order chi connectivity index (χ0) is 21.0. The van der Waals surface area contributed by atoms with Crippen LogP contribution in [0.1, 0.15) is 28.0 Å². The van der Waals surface area contributed by atoms with Crippen molar-refractivity contribution in [3.63, 3.8) is 0 Å². The second kappa shape index (κ2) is 8.64. The van der Waals surface area contributed by atoms with E-state index in [0.717, 1.165) is 17.8 Å². The van der Waals surface area contributed by atoms with Crippen molar-refractivity contribution in [2.45, 2.75) is 19.0 Å². The summed E-state index contributed by atoms with van der Waals surface area (Å²) in [4.78, 5) is 24.6. The van der Waals surface area contributed by atoms with Crippen molar-refractivity contribution in [3.05, 3.63) is 47.3 Å². The number of rotatable bonds is 6. The lowest BCUT2D eigenvalue weighted by Crippen LogP contribution is -2.27. The van der Waals surface area contributed by atoms with E-state index in [1.54, 1.807) is 24.0 Å². The van der Waals surface area contributed by atoms with Gasteiger partial charge in [-0.05, 0) is 30.7 Å². The molecule has 1 aliphatic rings. The predicted octanol–water partition coefficient (Wildman–Crippen LogP) is 2.39. The number of aryl methyl sites for hydroxylation is 1. The topological polar surface area (TPSA) is 85.3 Å². The fraction of sp³-hybridized carbons (Fsp3) is 0.421. The van der Waals surface area contributed by atoms with Crippen molar-refractivity contribution in [1.29, 1.82) is 0 Å². The average Bonchev–Trinajstić information content (AvgIpc) is 3.33. The van der Waals surface area contributed by atoms with Gasteiger partial charge in [0.25, 0.3) is 5.91 Å². The molecule has 1 aromatic heterocycles. The van der Waals surface area contributed by atoms with Crippen molar-refractivity contribution < 1.29 is 27.5 Å². The maximum atomic E-state index is 13.3. The first kappa shape index (κ1) is 20.8. The number of aromatic nitrogens is 2. The van der Waals surface area contributed by atoms with Crippen molar-refractivity contribution in [3.8, 4) is 0 Å². The molecule has 0 bridgehead atoms. The minimum absolute atomic E-state index is 0.0755. The lowest BCUT2D eigenvalue weighted by atomic mass is 10.1. The first-order valence-corrected chi connectivity index (χ1v) is 9.10. The monoisotopic (exact) mass is 410 g/mol. The van der Waals surface area contributed by atoms with Gasteiger partial charge in [0, 0.05) is 49.8 Å². The number of nitrogens with zero attached hydrogens (tertiary/aromatic N) is 2. The van der Waals surface area contributed by atoms with Gasteiger partial charge in [0.05, 0.1) is 18.1 Å². The Morgan fingerprint density at radius 3 is 2.72 bits per heavy atom. The molecule has 1 unspecified atom stereocenters. The molecule has 2 N–H and O–H groups in total. The van der Waals surface area contributed by atoms with Gasteiger partial charge in [-0.3, -0.25) is 14.3 Å². The highest BCUT2D eigenvalue weighted by Crippen LogP contribution is 2.32. The predicted molar refractivity (Wildman–Crippen MR) is 98.2 cm³/mol. The van der Waals surface area contributed by atoms with Crippen LogP contribution < -0.4 is 10.6 Å². The molecule has 1 saturated heterocycles. The van der Waals surface area contributed by atoms with Crippen LogP contribution in [-0.4, -0.2) is 41.4 Å². The Labute approximate surface area is 165 Å². The minimum atomic E-state index is -4.65. The van der Waals surface area contributed by atoms with Crippen molar-refractivity contribution in [2.24, 2.45) is 13.0 Å². The van der Waals surface area contributed by atoms with Crippen molar-refractivity contribution in [2.75, 3.05) is 25.1 Å². The molecule has 29 heavy (non-hydrogen) atoms. The summed E-state index contributed by atoms with van der Waals surface area (Å²) >= 11 is 0. The Morgan fingerprint density at radius 2 is 2.10 bits per heavy atom. The number of anilines is 1. The number of carbonyl (C=O) groups is 2. The Kier molecular flexibility index (Phi) is 6.21. The lowest BCUT2D eigenvalue weighted by molar-refractivity contribution is -0.137. The van der Waals surface area contributed by atoms with Crippen LogP contribution in [0.4, 0.5) is 18.9 Å². The van der Waals surface area contributed by atoms with E-state index in [1.165, 1.54) is 6.07 Å². The molecule has 1 aromatic carbocycles. The fourth-order valence-corrected chi connectivity index (χ4v) is 3.03. The van der Waals surface area contributed by atoms with Crippen LogP contribution in [0, 0.1) is 5.92 Å².